The smallest absolute Gasteiger partial charge is 0.207 e. The van der Waals surface area contributed by atoms with E-state index in [1.807, 2.05) is 6.26 Å². The van der Waals surface area contributed by atoms with E-state index in [4.69, 9.17) is 23.2 Å². The standard InChI is InChI=1S/C14H13Cl2NO2S2/c1-20-13-7-6-12(16)8-14(13)21(18,19)17-9-10-2-4-11(15)5-3-10/h2-8,17H,9H2,1H3. The van der Waals surface area contributed by atoms with E-state index in [1.54, 1.807) is 36.4 Å². The van der Waals surface area contributed by atoms with Crippen molar-refractivity contribution >= 4 is 45.0 Å². The van der Waals surface area contributed by atoms with Crippen LogP contribution >= 0.6 is 35.0 Å². The molecule has 0 aliphatic rings. The molecule has 2 aromatic carbocycles. The molecule has 0 saturated heterocycles. The zero-order valence-corrected chi connectivity index (χ0v) is 14.3. The van der Waals surface area contributed by atoms with E-state index in [-0.39, 0.29) is 11.4 Å². The highest BCUT2D eigenvalue weighted by atomic mass is 35.5. The lowest BCUT2D eigenvalue weighted by atomic mass is 10.2. The fraction of sp³-hybridized carbons (Fsp3) is 0.143. The van der Waals surface area contributed by atoms with Gasteiger partial charge in [0.1, 0.15) is 0 Å². The molecular formula is C14H13Cl2NO2S2. The number of benzene rings is 2. The molecule has 7 heteroatoms. The van der Waals surface area contributed by atoms with Crippen molar-refractivity contribution in [2.75, 3.05) is 6.26 Å². The van der Waals surface area contributed by atoms with Crippen LogP contribution in [0.1, 0.15) is 5.56 Å². The highest BCUT2D eigenvalue weighted by Gasteiger charge is 2.18. The molecule has 0 atom stereocenters. The first-order chi connectivity index (χ1) is 9.92. The molecule has 0 unspecified atom stereocenters. The Hall–Kier alpha value is -0.720. The van der Waals surface area contributed by atoms with Gasteiger partial charge >= 0.3 is 0 Å². The Balaban J connectivity index is 2.22. The van der Waals surface area contributed by atoms with E-state index < -0.39 is 10.0 Å². The Labute approximate surface area is 138 Å². The number of thioether (sulfide) groups is 1. The summed E-state index contributed by atoms with van der Waals surface area (Å²) in [4.78, 5) is 0.847. The second kappa shape index (κ2) is 7.03. The van der Waals surface area contributed by atoms with Crippen molar-refractivity contribution in [3.63, 3.8) is 0 Å². The van der Waals surface area contributed by atoms with Gasteiger partial charge in [0.15, 0.2) is 0 Å². The number of halogens is 2. The summed E-state index contributed by atoms with van der Waals surface area (Å²) in [5, 5.41) is 1.00. The number of nitrogens with one attached hydrogen (secondary N) is 1. The molecule has 0 bridgehead atoms. The van der Waals surface area contributed by atoms with E-state index in [0.717, 1.165) is 5.56 Å². The van der Waals surface area contributed by atoms with Gasteiger partial charge in [0.25, 0.3) is 0 Å². The molecule has 0 radical (unpaired) electrons. The van der Waals surface area contributed by atoms with Crippen LogP contribution in [0.4, 0.5) is 0 Å². The summed E-state index contributed by atoms with van der Waals surface area (Å²) in [5.41, 5.74) is 0.829. The predicted octanol–water partition coefficient (Wildman–Crippen LogP) is 4.19. The van der Waals surface area contributed by atoms with Crippen molar-refractivity contribution in [2.45, 2.75) is 16.3 Å². The first-order valence-corrected chi connectivity index (χ1v) is 9.46. The van der Waals surface area contributed by atoms with E-state index in [9.17, 15) is 8.42 Å². The van der Waals surface area contributed by atoms with Crippen LogP contribution in [0, 0.1) is 0 Å². The predicted molar refractivity (Wildman–Crippen MR) is 88.7 cm³/mol. The van der Waals surface area contributed by atoms with Crippen LogP contribution in [0.5, 0.6) is 0 Å². The Morgan fingerprint density at radius 1 is 1.05 bits per heavy atom. The maximum Gasteiger partial charge on any atom is 0.242 e. The second-order valence-corrected chi connectivity index (χ2v) is 7.70. The van der Waals surface area contributed by atoms with Crippen LogP contribution in [-0.4, -0.2) is 14.7 Å². The van der Waals surface area contributed by atoms with Crippen molar-refractivity contribution in [1.82, 2.24) is 4.72 Å². The van der Waals surface area contributed by atoms with Gasteiger partial charge in [-0.2, -0.15) is 0 Å². The number of hydrogen-bond acceptors (Lipinski definition) is 3. The maximum atomic E-state index is 12.4. The van der Waals surface area contributed by atoms with E-state index in [0.29, 0.717) is 14.9 Å². The van der Waals surface area contributed by atoms with Crippen LogP contribution in [-0.2, 0) is 16.6 Å². The van der Waals surface area contributed by atoms with Crippen molar-refractivity contribution in [2.24, 2.45) is 0 Å². The zero-order valence-electron chi connectivity index (χ0n) is 11.1. The monoisotopic (exact) mass is 361 g/mol. The van der Waals surface area contributed by atoms with Crippen LogP contribution in [0.2, 0.25) is 10.0 Å². The van der Waals surface area contributed by atoms with Gasteiger partial charge in [0.05, 0.1) is 4.90 Å². The molecule has 0 amide bonds. The summed E-state index contributed by atoms with van der Waals surface area (Å²) in [6.07, 6.45) is 1.82. The third-order valence-corrected chi connectivity index (χ3v) is 5.65. The molecule has 21 heavy (non-hydrogen) atoms. The van der Waals surface area contributed by atoms with Crippen LogP contribution in [0.15, 0.2) is 52.3 Å². The summed E-state index contributed by atoms with van der Waals surface area (Å²) >= 11 is 13.1. The average Bonchev–Trinajstić information content (AvgIpc) is 2.47. The van der Waals surface area contributed by atoms with Crippen LogP contribution in [0.3, 0.4) is 0 Å². The van der Waals surface area contributed by atoms with E-state index in [1.165, 1.54) is 17.8 Å². The van der Waals surface area contributed by atoms with Gasteiger partial charge in [-0.05, 0) is 42.2 Å². The molecular weight excluding hydrogens is 349 g/mol. The SMILES string of the molecule is CSc1ccc(Cl)cc1S(=O)(=O)NCc1ccc(Cl)cc1. The molecule has 112 valence electrons. The quantitative estimate of drug-likeness (QED) is 0.811. The van der Waals surface area contributed by atoms with Crippen molar-refractivity contribution in [3.05, 3.63) is 58.1 Å². The lowest BCUT2D eigenvalue weighted by Gasteiger charge is -2.10. The summed E-state index contributed by atoms with van der Waals surface area (Å²) < 4.78 is 27.4. The molecule has 2 aromatic rings. The highest BCUT2D eigenvalue weighted by molar-refractivity contribution is 7.99. The Morgan fingerprint density at radius 3 is 2.29 bits per heavy atom. The largest absolute Gasteiger partial charge is 0.242 e. The average molecular weight is 362 g/mol. The number of sulfonamides is 1. The number of rotatable bonds is 5. The molecule has 0 aliphatic heterocycles. The minimum atomic E-state index is -3.62. The lowest BCUT2D eigenvalue weighted by molar-refractivity contribution is 0.579. The number of hydrogen-bond donors (Lipinski definition) is 1. The fourth-order valence-electron chi connectivity index (χ4n) is 1.72. The normalized spacial score (nSPS) is 11.6. The Morgan fingerprint density at radius 2 is 1.67 bits per heavy atom. The minimum Gasteiger partial charge on any atom is -0.207 e. The molecule has 0 fully saturated rings. The van der Waals surface area contributed by atoms with Gasteiger partial charge in [0, 0.05) is 21.5 Å². The van der Waals surface area contributed by atoms with Crippen LogP contribution < -0.4 is 4.72 Å². The summed E-state index contributed by atoms with van der Waals surface area (Å²) in [7, 11) is -3.62. The highest BCUT2D eigenvalue weighted by Crippen LogP contribution is 2.27. The molecule has 0 spiro atoms. The Bertz CT molecular complexity index is 731. The van der Waals surface area contributed by atoms with Gasteiger partial charge in [0.2, 0.25) is 10.0 Å². The first kappa shape index (κ1) is 16.6. The maximum absolute atomic E-state index is 12.4. The van der Waals surface area contributed by atoms with Crippen LogP contribution in [0.25, 0.3) is 0 Å². The summed E-state index contributed by atoms with van der Waals surface area (Å²) in [6, 6.07) is 11.8. The Kier molecular flexibility index (Phi) is 5.57. The van der Waals surface area contributed by atoms with E-state index >= 15 is 0 Å². The van der Waals surface area contributed by atoms with Crippen molar-refractivity contribution in [3.8, 4) is 0 Å². The summed E-state index contributed by atoms with van der Waals surface area (Å²) in [5.74, 6) is 0. The van der Waals surface area contributed by atoms with Gasteiger partial charge in [-0.15, -0.1) is 11.8 Å². The summed E-state index contributed by atoms with van der Waals surface area (Å²) in [6.45, 7) is 0.194. The fourth-order valence-corrected chi connectivity index (χ4v) is 4.25. The van der Waals surface area contributed by atoms with Crippen molar-refractivity contribution in [1.29, 1.82) is 0 Å². The molecule has 3 nitrogen and oxygen atoms in total. The third kappa shape index (κ3) is 4.37. The van der Waals surface area contributed by atoms with E-state index in [2.05, 4.69) is 4.72 Å². The molecule has 0 saturated carbocycles. The molecule has 0 aliphatic carbocycles. The molecule has 0 heterocycles. The second-order valence-electron chi connectivity index (χ2n) is 4.25. The first-order valence-electron chi connectivity index (χ1n) is 6.00. The molecule has 0 aromatic heterocycles. The van der Waals surface area contributed by atoms with Crippen molar-refractivity contribution < 1.29 is 8.42 Å². The molecule has 1 N–H and O–H groups in total. The topological polar surface area (TPSA) is 46.2 Å². The lowest BCUT2D eigenvalue weighted by Crippen LogP contribution is -2.23. The minimum absolute atomic E-state index is 0.191. The van der Waals surface area contributed by atoms with Gasteiger partial charge in [-0.3, -0.25) is 0 Å². The van der Waals surface area contributed by atoms with Gasteiger partial charge < -0.3 is 0 Å². The van der Waals surface area contributed by atoms with Gasteiger partial charge in [-0.25, -0.2) is 13.1 Å². The van der Waals surface area contributed by atoms with Gasteiger partial charge in [-0.1, -0.05) is 35.3 Å². The molecule has 2 rings (SSSR count). The third-order valence-electron chi connectivity index (χ3n) is 2.79. The zero-order chi connectivity index (χ0) is 15.5.